The number of nitrogens with two attached hydrogens (primary N) is 2. The van der Waals surface area contributed by atoms with Crippen molar-refractivity contribution < 1.29 is 9.59 Å². The summed E-state index contributed by atoms with van der Waals surface area (Å²) in [6.07, 6.45) is 1.16. The van der Waals surface area contributed by atoms with Crippen molar-refractivity contribution in [1.82, 2.24) is 21.5 Å². The molecule has 2 heterocycles. The summed E-state index contributed by atoms with van der Waals surface area (Å²) in [6, 6.07) is 0. The van der Waals surface area contributed by atoms with Crippen molar-refractivity contribution in [3.63, 3.8) is 0 Å². The van der Waals surface area contributed by atoms with Crippen molar-refractivity contribution in [3.8, 4) is 0 Å². The van der Waals surface area contributed by atoms with Gasteiger partial charge in [0, 0.05) is 26.4 Å². The van der Waals surface area contributed by atoms with Crippen LogP contribution in [-0.2, 0) is 9.59 Å². The highest BCUT2D eigenvalue weighted by atomic mass is 16.2. The number of rotatable bonds is 3. The van der Waals surface area contributed by atoms with Crippen LogP contribution in [0.5, 0.6) is 0 Å². The monoisotopic (exact) mass is 314 g/mol. The predicted octanol–water partition coefficient (Wildman–Crippen LogP) is -2.24. The van der Waals surface area contributed by atoms with Crippen LogP contribution in [0.1, 0.15) is 26.7 Å². The van der Waals surface area contributed by atoms with Gasteiger partial charge in [-0.25, -0.2) is 11.7 Å². The largest absolute Gasteiger partial charge is 0.353 e. The minimum atomic E-state index is -0.327. The van der Waals surface area contributed by atoms with Gasteiger partial charge in [0.25, 0.3) is 0 Å². The van der Waals surface area contributed by atoms with Crippen molar-refractivity contribution in [2.45, 2.75) is 26.7 Å². The van der Waals surface area contributed by atoms with Gasteiger partial charge in [0.15, 0.2) is 11.6 Å². The second kappa shape index (κ2) is 12.5. The van der Waals surface area contributed by atoms with Gasteiger partial charge in [0.05, 0.1) is 13.1 Å². The van der Waals surface area contributed by atoms with E-state index in [1.54, 1.807) is 0 Å². The molecule has 2 rings (SSSR count). The number of aliphatic imine (C=N–C) groups is 2. The molecule has 0 spiro atoms. The Bertz CT molecular complexity index is 384. The summed E-state index contributed by atoms with van der Waals surface area (Å²) < 4.78 is 0. The van der Waals surface area contributed by atoms with E-state index in [1.807, 2.05) is 6.92 Å². The summed E-state index contributed by atoms with van der Waals surface area (Å²) in [4.78, 5) is 28.4. The lowest BCUT2D eigenvalue weighted by atomic mass is 10.2. The van der Waals surface area contributed by atoms with Crippen molar-refractivity contribution in [2.24, 2.45) is 21.7 Å². The quantitative estimate of drug-likeness (QED) is 0.194. The number of carbonyl (C=O) groups excluding carboxylic acids is 2. The van der Waals surface area contributed by atoms with Crippen molar-refractivity contribution in [3.05, 3.63) is 0 Å². The fraction of sp³-hybridized carbons (Fsp3) is 0.667. The van der Waals surface area contributed by atoms with E-state index in [9.17, 15) is 9.59 Å². The third-order valence-electron chi connectivity index (χ3n) is 2.49. The fourth-order valence-corrected chi connectivity index (χ4v) is 1.39. The summed E-state index contributed by atoms with van der Waals surface area (Å²) in [7, 11) is 0. The standard InChI is InChI=1S/C6H10O2.2C3H8N4/c1-3-4-6(8)5(2)7;2*4-7-3-5-1-2-6-3/h3-4H2,1-2H3;2*1-2,4H2,(H2,5,6,7). The zero-order valence-corrected chi connectivity index (χ0v) is 13.1. The van der Waals surface area contributed by atoms with E-state index in [4.69, 9.17) is 11.7 Å². The molecule has 0 saturated heterocycles. The van der Waals surface area contributed by atoms with E-state index in [1.165, 1.54) is 6.92 Å². The molecule has 0 unspecified atom stereocenters. The Morgan fingerprint density at radius 2 is 1.55 bits per heavy atom. The Hall–Kier alpha value is -2.20. The number of hydrogen-bond acceptors (Lipinski definition) is 10. The van der Waals surface area contributed by atoms with Crippen LogP contribution in [0.4, 0.5) is 0 Å². The van der Waals surface area contributed by atoms with Crippen molar-refractivity contribution >= 4 is 23.5 Å². The molecule has 0 aliphatic carbocycles. The Balaban J connectivity index is 0.000000301. The molecule has 22 heavy (non-hydrogen) atoms. The van der Waals surface area contributed by atoms with Crippen LogP contribution in [0.25, 0.3) is 0 Å². The molecule has 0 amide bonds. The van der Waals surface area contributed by atoms with E-state index >= 15 is 0 Å². The van der Waals surface area contributed by atoms with Crippen LogP contribution in [0.2, 0.25) is 0 Å². The summed E-state index contributed by atoms with van der Waals surface area (Å²) in [5, 5.41) is 5.84. The molecule has 0 atom stereocenters. The molecule has 10 heteroatoms. The molecule has 0 saturated carbocycles. The average Bonchev–Trinajstić information content (AvgIpc) is 3.21. The van der Waals surface area contributed by atoms with Gasteiger partial charge in [-0.3, -0.25) is 30.4 Å². The number of Topliss-reactive ketones (excluding diaryl/α,β-unsaturated/α-hetero) is 2. The van der Waals surface area contributed by atoms with E-state index < -0.39 is 0 Å². The van der Waals surface area contributed by atoms with Gasteiger partial charge >= 0.3 is 0 Å². The number of hydrazine groups is 2. The molecule has 0 aromatic heterocycles. The second-order valence-corrected chi connectivity index (χ2v) is 4.33. The molecule has 2 aliphatic heterocycles. The molecule has 0 radical (unpaired) electrons. The predicted molar refractivity (Wildman–Crippen MR) is 85.9 cm³/mol. The first kappa shape index (κ1) is 19.8. The minimum Gasteiger partial charge on any atom is -0.353 e. The Morgan fingerprint density at radius 1 is 1.09 bits per heavy atom. The molecular weight excluding hydrogens is 288 g/mol. The molecule has 10 nitrogen and oxygen atoms in total. The second-order valence-electron chi connectivity index (χ2n) is 4.33. The van der Waals surface area contributed by atoms with Crippen molar-refractivity contribution in [1.29, 1.82) is 0 Å². The first-order chi connectivity index (χ1) is 10.5. The smallest absolute Gasteiger partial charge is 0.205 e. The number of nitrogens with zero attached hydrogens (tertiary/aromatic N) is 2. The topological polar surface area (TPSA) is 159 Å². The molecule has 2 aliphatic rings. The Kier molecular flexibility index (Phi) is 11.3. The lowest BCUT2D eigenvalue weighted by Crippen LogP contribution is -2.38. The van der Waals surface area contributed by atoms with Gasteiger partial charge in [-0.1, -0.05) is 6.92 Å². The zero-order chi connectivity index (χ0) is 16.8. The van der Waals surface area contributed by atoms with Gasteiger partial charge in [-0.15, -0.1) is 0 Å². The maximum Gasteiger partial charge on any atom is 0.205 e. The molecule has 0 bridgehead atoms. The molecule has 0 aromatic carbocycles. The normalized spacial score (nSPS) is 14.7. The first-order valence-corrected chi connectivity index (χ1v) is 7.08. The van der Waals surface area contributed by atoms with E-state index in [-0.39, 0.29) is 11.6 Å². The summed E-state index contributed by atoms with van der Waals surface area (Å²) in [5.74, 6) is 10.8. The lowest BCUT2D eigenvalue weighted by Gasteiger charge is -1.95. The van der Waals surface area contributed by atoms with Crippen LogP contribution in [0.3, 0.4) is 0 Å². The third-order valence-corrected chi connectivity index (χ3v) is 2.49. The SMILES string of the molecule is CCCC(=O)C(C)=O.NNC1=NCCN1.NNC1=NCCN1. The van der Waals surface area contributed by atoms with Gasteiger partial charge in [0.1, 0.15) is 0 Å². The maximum atomic E-state index is 10.4. The van der Waals surface area contributed by atoms with Gasteiger partial charge in [-0.2, -0.15) is 0 Å². The van der Waals surface area contributed by atoms with Crippen LogP contribution >= 0.6 is 0 Å². The third kappa shape index (κ3) is 9.66. The molecule has 126 valence electrons. The van der Waals surface area contributed by atoms with Gasteiger partial charge < -0.3 is 10.6 Å². The summed E-state index contributed by atoms with van der Waals surface area (Å²) in [6.45, 7) is 6.65. The average molecular weight is 314 g/mol. The highest BCUT2D eigenvalue weighted by Gasteiger charge is 2.03. The maximum absolute atomic E-state index is 10.4. The van der Waals surface area contributed by atoms with Crippen LogP contribution in [0.15, 0.2) is 9.98 Å². The molecule has 8 N–H and O–H groups in total. The Labute approximate surface area is 130 Å². The number of hydrogen-bond donors (Lipinski definition) is 6. The lowest BCUT2D eigenvalue weighted by molar-refractivity contribution is -0.135. The van der Waals surface area contributed by atoms with E-state index in [0.29, 0.717) is 18.3 Å². The highest BCUT2D eigenvalue weighted by Crippen LogP contribution is 1.88. The molecule has 0 fully saturated rings. The van der Waals surface area contributed by atoms with Crippen LogP contribution < -0.4 is 33.2 Å². The Morgan fingerprint density at radius 3 is 1.68 bits per heavy atom. The van der Waals surface area contributed by atoms with E-state index in [2.05, 4.69) is 31.5 Å². The summed E-state index contributed by atoms with van der Waals surface area (Å²) >= 11 is 0. The molecule has 0 aromatic rings. The van der Waals surface area contributed by atoms with Gasteiger partial charge in [0.2, 0.25) is 11.9 Å². The molecular formula is C12H26N8O2. The van der Waals surface area contributed by atoms with Gasteiger partial charge in [-0.05, 0) is 6.42 Å². The zero-order valence-electron chi connectivity index (χ0n) is 13.1. The summed E-state index contributed by atoms with van der Waals surface area (Å²) in [5.41, 5.74) is 4.81. The fourth-order valence-electron chi connectivity index (χ4n) is 1.39. The minimum absolute atomic E-state index is 0.257. The number of carbonyl (C=O) groups is 2. The van der Waals surface area contributed by atoms with E-state index in [0.717, 1.165) is 32.6 Å². The highest BCUT2D eigenvalue weighted by molar-refractivity contribution is 6.36. The van der Waals surface area contributed by atoms with Crippen LogP contribution in [0, 0.1) is 0 Å². The van der Waals surface area contributed by atoms with Crippen LogP contribution in [-0.4, -0.2) is 49.7 Å². The van der Waals surface area contributed by atoms with Crippen molar-refractivity contribution in [2.75, 3.05) is 26.2 Å². The first-order valence-electron chi connectivity index (χ1n) is 7.08. The number of guanidine groups is 2. The number of ketones is 2. The number of nitrogens with one attached hydrogen (secondary N) is 4.